The van der Waals surface area contributed by atoms with Crippen molar-refractivity contribution in [2.75, 3.05) is 11.5 Å². The molecular formula is C22H26N4O4S. The van der Waals surface area contributed by atoms with Crippen molar-refractivity contribution in [2.24, 2.45) is 5.92 Å². The number of aromatic nitrogens is 3. The summed E-state index contributed by atoms with van der Waals surface area (Å²) in [6.07, 6.45) is 4.36. The lowest BCUT2D eigenvalue weighted by molar-refractivity contribution is -0.119. The molecule has 3 aromatic rings. The Morgan fingerprint density at radius 3 is 2.58 bits per heavy atom. The van der Waals surface area contributed by atoms with Gasteiger partial charge in [-0.15, -0.1) is 0 Å². The van der Waals surface area contributed by atoms with Crippen molar-refractivity contribution >= 4 is 15.7 Å². The van der Waals surface area contributed by atoms with Gasteiger partial charge in [0.05, 0.1) is 5.75 Å². The fourth-order valence-electron chi connectivity index (χ4n) is 3.12. The molecule has 0 aliphatic heterocycles. The average molecular weight is 443 g/mol. The molecule has 0 aliphatic carbocycles. The van der Waals surface area contributed by atoms with E-state index in [4.69, 9.17) is 4.52 Å². The molecule has 1 N–H and O–H groups in total. The van der Waals surface area contributed by atoms with Crippen molar-refractivity contribution in [3.63, 3.8) is 0 Å². The number of hydrogen-bond donors (Lipinski definition) is 1. The largest absolute Gasteiger partial charge is 0.343 e. The quantitative estimate of drug-likeness (QED) is 0.513. The van der Waals surface area contributed by atoms with Crippen molar-refractivity contribution in [1.82, 2.24) is 20.4 Å². The normalized spacial score (nSPS) is 12.6. The van der Waals surface area contributed by atoms with Crippen LogP contribution in [0.3, 0.4) is 0 Å². The Bertz CT molecular complexity index is 1080. The lowest BCUT2D eigenvalue weighted by Gasteiger charge is -2.18. The molecule has 1 unspecified atom stereocenters. The van der Waals surface area contributed by atoms with Crippen LogP contribution in [0, 0.1) is 5.92 Å². The van der Waals surface area contributed by atoms with Gasteiger partial charge in [-0.05, 0) is 36.5 Å². The van der Waals surface area contributed by atoms with E-state index >= 15 is 0 Å². The Morgan fingerprint density at radius 2 is 1.90 bits per heavy atom. The van der Waals surface area contributed by atoms with E-state index in [1.807, 2.05) is 44.2 Å². The Morgan fingerprint density at radius 1 is 1.13 bits per heavy atom. The minimum Gasteiger partial charge on any atom is -0.343 e. The second-order valence-electron chi connectivity index (χ2n) is 7.67. The zero-order valence-electron chi connectivity index (χ0n) is 17.6. The third-order valence-corrected chi connectivity index (χ3v) is 6.34. The number of rotatable bonds is 10. The SMILES string of the molecule is CC(C)C(NC(=O)CS(=O)(=O)CCCc1ccccc1)c1nc(-c2cccnc2)no1. The number of pyridine rings is 1. The molecule has 1 amide bonds. The Hall–Kier alpha value is -3.07. The van der Waals surface area contributed by atoms with Crippen LogP contribution >= 0.6 is 0 Å². The molecular weight excluding hydrogens is 416 g/mol. The molecule has 9 heteroatoms. The summed E-state index contributed by atoms with van der Waals surface area (Å²) in [6.45, 7) is 3.76. The average Bonchev–Trinajstić information content (AvgIpc) is 3.22. The van der Waals surface area contributed by atoms with E-state index in [9.17, 15) is 13.2 Å². The van der Waals surface area contributed by atoms with Gasteiger partial charge in [0.15, 0.2) is 9.84 Å². The molecule has 0 bridgehead atoms. The Balaban J connectivity index is 1.58. The summed E-state index contributed by atoms with van der Waals surface area (Å²) < 4.78 is 30.1. The molecule has 2 aromatic heterocycles. The molecule has 164 valence electrons. The van der Waals surface area contributed by atoms with Crippen LogP contribution < -0.4 is 5.32 Å². The van der Waals surface area contributed by atoms with Gasteiger partial charge in [-0.2, -0.15) is 4.98 Å². The van der Waals surface area contributed by atoms with Crippen molar-refractivity contribution in [3.05, 3.63) is 66.3 Å². The molecule has 0 saturated carbocycles. The van der Waals surface area contributed by atoms with E-state index in [0.29, 0.717) is 24.2 Å². The molecule has 0 spiro atoms. The van der Waals surface area contributed by atoms with Crippen LogP contribution in [-0.2, 0) is 21.1 Å². The summed E-state index contributed by atoms with van der Waals surface area (Å²) >= 11 is 0. The maximum absolute atomic E-state index is 12.5. The van der Waals surface area contributed by atoms with E-state index in [1.165, 1.54) is 0 Å². The van der Waals surface area contributed by atoms with Crippen molar-refractivity contribution < 1.29 is 17.7 Å². The van der Waals surface area contributed by atoms with E-state index < -0.39 is 27.5 Å². The number of carbonyl (C=O) groups excluding carboxylic acids is 1. The molecule has 3 rings (SSSR count). The summed E-state index contributed by atoms with van der Waals surface area (Å²) in [6, 6.07) is 12.6. The first-order chi connectivity index (χ1) is 14.8. The van der Waals surface area contributed by atoms with E-state index in [-0.39, 0.29) is 17.6 Å². The summed E-state index contributed by atoms with van der Waals surface area (Å²) in [7, 11) is -3.53. The van der Waals surface area contributed by atoms with Crippen LogP contribution in [0.4, 0.5) is 0 Å². The van der Waals surface area contributed by atoms with Gasteiger partial charge in [-0.1, -0.05) is 49.3 Å². The molecule has 31 heavy (non-hydrogen) atoms. The van der Waals surface area contributed by atoms with Crippen molar-refractivity contribution in [1.29, 1.82) is 0 Å². The molecule has 0 fully saturated rings. The highest BCUT2D eigenvalue weighted by atomic mass is 32.2. The van der Waals surface area contributed by atoms with Crippen molar-refractivity contribution in [2.45, 2.75) is 32.7 Å². The molecule has 0 aliphatic rings. The predicted molar refractivity (Wildman–Crippen MR) is 117 cm³/mol. The number of nitrogens with one attached hydrogen (secondary N) is 1. The third-order valence-electron chi connectivity index (χ3n) is 4.73. The number of sulfone groups is 1. The highest BCUT2D eigenvalue weighted by molar-refractivity contribution is 7.92. The number of benzene rings is 1. The summed E-state index contributed by atoms with van der Waals surface area (Å²) in [5.41, 5.74) is 1.76. The second kappa shape index (κ2) is 10.3. The summed E-state index contributed by atoms with van der Waals surface area (Å²) in [5, 5.41) is 6.68. The highest BCUT2D eigenvalue weighted by Gasteiger charge is 2.27. The smallest absolute Gasteiger partial charge is 0.249 e. The van der Waals surface area contributed by atoms with Crippen LogP contribution in [0.15, 0.2) is 59.4 Å². The molecule has 2 heterocycles. The topological polar surface area (TPSA) is 115 Å². The first kappa shape index (κ1) is 22.6. The minimum absolute atomic E-state index is 0.0482. The van der Waals surface area contributed by atoms with Crippen LogP contribution in [0.1, 0.15) is 37.8 Å². The first-order valence-electron chi connectivity index (χ1n) is 10.1. The van der Waals surface area contributed by atoms with Crippen molar-refractivity contribution in [3.8, 4) is 11.4 Å². The van der Waals surface area contributed by atoms with Crippen LogP contribution in [0.2, 0.25) is 0 Å². The maximum atomic E-state index is 12.5. The molecule has 1 atom stereocenters. The minimum atomic E-state index is -3.53. The third kappa shape index (κ3) is 6.71. The summed E-state index contributed by atoms with van der Waals surface area (Å²) in [4.78, 5) is 20.8. The molecule has 8 nitrogen and oxygen atoms in total. The molecule has 0 radical (unpaired) electrons. The van der Waals surface area contributed by atoms with Gasteiger partial charge in [0.1, 0.15) is 11.8 Å². The van der Waals surface area contributed by atoms with Crippen LogP contribution in [0.25, 0.3) is 11.4 Å². The fourth-order valence-corrected chi connectivity index (χ4v) is 4.33. The Labute approximate surface area is 182 Å². The second-order valence-corrected chi connectivity index (χ2v) is 9.85. The van der Waals surface area contributed by atoms with Gasteiger partial charge >= 0.3 is 0 Å². The zero-order chi connectivity index (χ0) is 22.3. The zero-order valence-corrected chi connectivity index (χ0v) is 18.4. The lowest BCUT2D eigenvalue weighted by atomic mass is 10.0. The number of carbonyl (C=O) groups is 1. The maximum Gasteiger partial charge on any atom is 0.249 e. The van der Waals surface area contributed by atoms with Gasteiger partial charge in [0.2, 0.25) is 17.6 Å². The monoisotopic (exact) mass is 442 g/mol. The van der Waals surface area contributed by atoms with Gasteiger partial charge in [-0.25, -0.2) is 8.42 Å². The van der Waals surface area contributed by atoms with E-state index in [2.05, 4.69) is 20.4 Å². The predicted octanol–water partition coefficient (Wildman–Crippen LogP) is 2.99. The highest BCUT2D eigenvalue weighted by Crippen LogP contribution is 2.23. The first-order valence-corrected chi connectivity index (χ1v) is 11.9. The number of nitrogens with zero attached hydrogens (tertiary/aromatic N) is 3. The summed E-state index contributed by atoms with van der Waals surface area (Å²) in [5.74, 6) is -0.700. The van der Waals surface area contributed by atoms with Crippen LogP contribution in [0.5, 0.6) is 0 Å². The van der Waals surface area contributed by atoms with Gasteiger partial charge in [-0.3, -0.25) is 9.78 Å². The molecule has 1 aromatic carbocycles. The Kier molecular flexibility index (Phi) is 7.51. The van der Waals surface area contributed by atoms with Gasteiger partial charge in [0.25, 0.3) is 0 Å². The van der Waals surface area contributed by atoms with Gasteiger partial charge < -0.3 is 9.84 Å². The van der Waals surface area contributed by atoms with Crippen LogP contribution in [-0.4, -0.2) is 41.0 Å². The van der Waals surface area contributed by atoms with E-state index in [0.717, 1.165) is 5.56 Å². The van der Waals surface area contributed by atoms with E-state index in [1.54, 1.807) is 24.5 Å². The standard InChI is InChI=1S/C22H26N4O4S/c1-16(2)20(22-25-21(26-30-22)18-11-6-12-23-14-18)24-19(27)15-31(28,29)13-7-10-17-8-4-3-5-9-17/h3-6,8-9,11-12,14,16,20H,7,10,13,15H2,1-2H3,(H,24,27). The number of hydrogen-bond acceptors (Lipinski definition) is 7. The van der Waals surface area contributed by atoms with Gasteiger partial charge in [0, 0.05) is 18.0 Å². The number of aryl methyl sites for hydroxylation is 1. The number of amides is 1. The fraction of sp³-hybridized carbons (Fsp3) is 0.364. The molecule has 0 saturated heterocycles. The lowest BCUT2D eigenvalue weighted by Crippen LogP contribution is -2.36.